The number of ether oxygens (including phenoxy) is 1. The van der Waals surface area contributed by atoms with Crippen LogP contribution in [0.1, 0.15) is 16.9 Å². The van der Waals surface area contributed by atoms with Gasteiger partial charge in [0.1, 0.15) is 0 Å². The molecule has 1 fully saturated rings. The fraction of sp³-hybridized carbons (Fsp3) is 0.500. The van der Waals surface area contributed by atoms with Gasteiger partial charge in [-0.25, -0.2) is 9.97 Å². The maximum absolute atomic E-state index is 11.0. The Hall–Kier alpha value is -1.69. The van der Waals surface area contributed by atoms with E-state index in [-0.39, 0.29) is 11.6 Å². The molecule has 0 spiro atoms. The van der Waals surface area contributed by atoms with Gasteiger partial charge in [-0.2, -0.15) is 0 Å². The van der Waals surface area contributed by atoms with Gasteiger partial charge in [0.15, 0.2) is 5.69 Å². The highest BCUT2D eigenvalue weighted by molar-refractivity contribution is 5.92. The molecule has 2 rings (SSSR count). The van der Waals surface area contributed by atoms with Gasteiger partial charge in [-0.05, 0) is 13.0 Å². The highest BCUT2D eigenvalue weighted by Gasteiger charge is 2.17. The monoisotopic (exact) mass is 222 g/mol. The molecular formula is C10H14N4O2. The van der Waals surface area contributed by atoms with Crippen molar-refractivity contribution in [2.75, 3.05) is 19.7 Å². The van der Waals surface area contributed by atoms with Gasteiger partial charge in [-0.1, -0.05) is 0 Å². The van der Waals surface area contributed by atoms with Gasteiger partial charge in [-0.3, -0.25) is 4.79 Å². The van der Waals surface area contributed by atoms with Crippen LogP contribution in [0, 0.1) is 5.92 Å². The van der Waals surface area contributed by atoms with Gasteiger partial charge in [-0.15, -0.1) is 0 Å². The Morgan fingerprint density at radius 2 is 2.38 bits per heavy atom. The number of carbonyl (C=O) groups excluding carboxylic acids is 1. The van der Waals surface area contributed by atoms with Crippen LogP contribution in [-0.2, 0) is 0 Å². The van der Waals surface area contributed by atoms with E-state index in [2.05, 4.69) is 15.3 Å². The number of nitrogens with two attached hydrogens (primary N) is 1. The lowest BCUT2D eigenvalue weighted by Crippen LogP contribution is -2.19. The minimum Gasteiger partial charge on any atom is -0.476 e. The average molecular weight is 222 g/mol. The number of nitrogens with zero attached hydrogens (tertiary/aromatic N) is 2. The number of rotatable bonds is 4. The summed E-state index contributed by atoms with van der Waals surface area (Å²) in [6.07, 6.45) is 3.98. The zero-order valence-corrected chi connectivity index (χ0v) is 8.85. The number of carbonyl (C=O) groups is 1. The summed E-state index contributed by atoms with van der Waals surface area (Å²) in [4.78, 5) is 18.8. The van der Waals surface area contributed by atoms with Crippen molar-refractivity contribution in [1.29, 1.82) is 0 Å². The molecule has 3 N–H and O–H groups in total. The number of nitrogens with one attached hydrogen (secondary N) is 1. The second kappa shape index (κ2) is 4.89. The minimum absolute atomic E-state index is 0.0912. The average Bonchev–Trinajstić information content (AvgIpc) is 2.79. The molecule has 1 aromatic heterocycles. The molecule has 16 heavy (non-hydrogen) atoms. The Morgan fingerprint density at radius 3 is 3.06 bits per heavy atom. The molecule has 0 bridgehead atoms. The van der Waals surface area contributed by atoms with Crippen LogP contribution in [0.4, 0.5) is 0 Å². The highest BCUT2D eigenvalue weighted by Crippen LogP contribution is 2.14. The van der Waals surface area contributed by atoms with Crippen LogP contribution >= 0.6 is 0 Å². The summed E-state index contributed by atoms with van der Waals surface area (Å²) in [6, 6.07) is 0. The fourth-order valence-electron chi connectivity index (χ4n) is 1.65. The van der Waals surface area contributed by atoms with Crippen molar-refractivity contribution in [3.8, 4) is 5.88 Å². The lowest BCUT2D eigenvalue weighted by molar-refractivity contribution is 0.0989. The molecule has 1 atom stereocenters. The van der Waals surface area contributed by atoms with Crippen molar-refractivity contribution in [2.45, 2.75) is 6.42 Å². The van der Waals surface area contributed by atoms with Crippen molar-refractivity contribution in [3.05, 3.63) is 18.1 Å². The number of hydrogen-bond donors (Lipinski definition) is 2. The van der Waals surface area contributed by atoms with E-state index < -0.39 is 5.91 Å². The standard InChI is InChI=1S/C10H14N4O2/c11-9(15)8-10(14-4-3-13-8)16-6-7-1-2-12-5-7/h3-4,7,12H,1-2,5-6H2,(H2,11,15). The van der Waals surface area contributed by atoms with Gasteiger partial charge < -0.3 is 15.8 Å². The molecule has 2 heterocycles. The van der Waals surface area contributed by atoms with Gasteiger partial charge in [0.25, 0.3) is 5.91 Å². The molecular weight excluding hydrogens is 208 g/mol. The third-order valence-electron chi connectivity index (χ3n) is 2.52. The highest BCUT2D eigenvalue weighted by atomic mass is 16.5. The zero-order chi connectivity index (χ0) is 11.4. The van der Waals surface area contributed by atoms with Crippen LogP contribution in [0.25, 0.3) is 0 Å². The molecule has 86 valence electrons. The summed E-state index contributed by atoms with van der Waals surface area (Å²) in [5.74, 6) is 0.0669. The summed E-state index contributed by atoms with van der Waals surface area (Å²) in [5.41, 5.74) is 5.26. The van der Waals surface area contributed by atoms with E-state index >= 15 is 0 Å². The molecule has 6 heteroatoms. The van der Waals surface area contributed by atoms with Crippen LogP contribution in [-0.4, -0.2) is 35.6 Å². The SMILES string of the molecule is NC(=O)c1nccnc1OCC1CCNC1. The zero-order valence-electron chi connectivity index (χ0n) is 8.85. The molecule has 6 nitrogen and oxygen atoms in total. The molecule has 1 saturated heterocycles. The van der Waals surface area contributed by atoms with Crippen LogP contribution < -0.4 is 15.8 Å². The number of primary amides is 1. The Balaban J connectivity index is 2.00. The summed E-state index contributed by atoms with van der Waals surface area (Å²) in [6.45, 7) is 2.48. The van der Waals surface area contributed by atoms with Gasteiger partial charge in [0.2, 0.25) is 5.88 Å². The van der Waals surface area contributed by atoms with Crippen molar-refractivity contribution >= 4 is 5.91 Å². The molecule has 0 aliphatic carbocycles. The Bertz CT molecular complexity index is 377. The first-order valence-electron chi connectivity index (χ1n) is 5.21. The quantitative estimate of drug-likeness (QED) is 0.721. The number of aromatic nitrogens is 2. The molecule has 1 aliphatic heterocycles. The van der Waals surface area contributed by atoms with Crippen molar-refractivity contribution in [1.82, 2.24) is 15.3 Å². The lowest BCUT2D eigenvalue weighted by Gasteiger charge is -2.10. The summed E-state index contributed by atoms with van der Waals surface area (Å²) < 4.78 is 5.47. The summed E-state index contributed by atoms with van der Waals surface area (Å²) in [5, 5.41) is 3.24. The van der Waals surface area contributed by atoms with E-state index in [9.17, 15) is 4.79 Å². The molecule has 0 aromatic carbocycles. The van der Waals surface area contributed by atoms with Crippen molar-refractivity contribution in [2.24, 2.45) is 11.7 Å². The van der Waals surface area contributed by atoms with Gasteiger partial charge in [0.05, 0.1) is 6.61 Å². The number of amides is 1. The maximum Gasteiger partial charge on any atom is 0.272 e. The third kappa shape index (κ3) is 2.46. The van der Waals surface area contributed by atoms with Crippen LogP contribution in [0.15, 0.2) is 12.4 Å². The third-order valence-corrected chi connectivity index (χ3v) is 2.52. The van der Waals surface area contributed by atoms with Crippen molar-refractivity contribution < 1.29 is 9.53 Å². The normalized spacial score (nSPS) is 19.6. The van der Waals surface area contributed by atoms with E-state index in [4.69, 9.17) is 10.5 Å². The molecule has 1 unspecified atom stereocenters. The topological polar surface area (TPSA) is 90.1 Å². The molecule has 0 saturated carbocycles. The van der Waals surface area contributed by atoms with Crippen LogP contribution in [0.5, 0.6) is 5.88 Å². The smallest absolute Gasteiger partial charge is 0.272 e. The van der Waals surface area contributed by atoms with E-state index in [0.717, 1.165) is 19.5 Å². The van der Waals surface area contributed by atoms with E-state index in [1.165, 1.54) is 12.4 Å². The molecule has 1 amide bonds. The largest absolute Gasteiger partial charge is 0.476 e. The maximum atomic E-state index is 11.0. The Morgan fingerprint density at radius 1 is 1.56 bits per heavy atom. The first-order chi connectivity index (χ1) is 7.77. The number of hydrogen-bond acceptors (Lipinski definition) is 5. The van der Waals surface area contributed by atoms with Crippen LogP contribution in [0.3, 0.4) is 0 Å². The Labute approximate surface area is 93.2 Å². The minimum atomic E-state index is -0.618. The van der Waals surface area contributed by atoms with Gasteiger partial charge in [0, 0.05) is 24.9 Å². The summed E-state index contributed by atoms with van der Waals surface area (Å²) >= 11 is 0. The van der Waals surface area contributed by atoms with E-state index in [0.29, 0.717) is 12.5 Å². The lowest BCUT2D eigenvalue weighted by atomic mass is 10.1. The Kier molecular flexibility index (Phi) is 3.31. The fourth-order valence-corrected chi connectivity index (χ4v) is 1.65. The van der Waals surface area contributed by atoms with E-state index in [1.807, 2.05) is 0 Å². The second-order valence-corrected chi connectivity index (χ2v) is 3.74. The molecule has 1 aromatic rings. The molecule has 1 aliphatic rings. The first-order valence-corrected chi connectivity index (χ1v) is 5.21. The van der Waals surface area contributed by atoms with Crippen molar-refractivity contribution in [3.63, 3.8) is 0 Å². The predicted octanol–water partition coefficient (Wildman–Crippen LogP) is -0.436. The van der Waals surface area contributed by atoms with Crippen LogP contribution in [0.2, 0.25) is 0 Å². The van der Waals surface area contributed by atoms with E-state index in [1.54, 1.807) is 0 Å². The van der Waals surface area contributed by atoms with Gasteiger partial charge >= 0.3 is 0 Å². The first kappa shape index (κ1) is 10.8. The predicted molar refractivity (Wildman–Crippen MR) is 57.0 cm³/mol. The summed E-state index contributed by atoms with van der Waals surface area (Å²) in [7, 11) is 0. The second-order valence-electron chi connectivity index (χ2n) is 3.74. The molecule has 0 radical (unpaired) electrons.